The van der Waals surface area contributed by atoms with Gasteiger partial charge in [-0.15, -0.1) is 5.10 Å². The van der Waals surface area contributed by atoms with Crippen molar-refractivity contribution in [2.75, 3.05) is 38.2 Å². The fraction of sp³-hybridized carbons (Fsp3) is 0.478. The van der Waals surface area contributed by atoms with E-state index in [1.807, 2.05) is 20.8 Å². The molecule has 2 aliphatic rings. The summed E-state index contributed by atoms with van der Waals surface area (Å²) in [6.07, 6.45) is 4.42. The number of anilines is 1. The highest BCUT2D eigenvalue weighted by Gasteiger charge is 2.33. The Morgan fingerprint density at radius 1 is 1.09 bits per heavy atom. The molecule has 0 saturated carbocycles. The summed E-state index contributed by atoms with van der Waals surface area (Å²) < 4.78 is 13.3. The highest BCUT2D eigenvalue weighted by Crippen LogP contribution is 2.28. The first-order chi connectivity index (χ1) is 16.3. The Bertz CT molecular complexity index is 1250. The molecule has 0 aromatic carbocycles. The molecular formula is C23H28N8O3. The molecule has 2 fully saturated rings. The number of carbonyl (C=O) groups excluding carboxylic acids is 1. The predicted molar refractivity (Wildman–Crippen MR) is 125 cm³/mol. The zero-order chi connectivity index (χ0) is 24.0. The van der Waals surface area contributed by atoms with Crippen molar-refractivity contribution < 1.29 is 14.3 Å². The van der Waals surface area contributed by atoms with Crippen LogP contribution in [0.25, 0.3) is 11.4 Å². The summed E-state index contributed by atoms with van der Waals surface area (Å²) in [4.78, 5) is 34.1. The van der Waals surface area contributed by atoms with Crippen molar-refractivity contribution in [2.24, 2.45) is 0 Å². The normalized spacial score (nSPS) is 18.4. The van der Waals surface area contributed by atoms with E-state index in [0.29, 0.717) is 42.6 Å². The van der Waals surface area contributed by atoms with Crippen molar-refractivity contribution in [3.05, 3.63) is 42.0 Å². The maximum atomic E-state index is 12.5. The summed E-state index contributed by atoms with van der Waals surface area (Å²) in [6, 6.07) is 0. The van der Waals surface area contributed by atoms with Gasteiger partial charge in [-0.3, -0.25) is 4.79 Å². The molecular weight excluding hydrogens is 436 g/mol. The number of carbonyl (C=O) groups is 1. The number of ether oxygens (including phenoxy) is 2. The SMILES string of the molecule is C=C(C(=O)N1CC(OC)C1)c1ncc(N2CC[C@@H](Oc3c(C)nc4nc(C)nn4c3C)C2)cn1. The number of aryl methyl sites for hydroxylation is 3. The number of methoxy groups -OCH3 is 1. The van der Waals surface area contributed by atoms with Gasteiger partial charge >= 0.3 is 0 Å². The molecule has 0 spiro atoms. The van der Waals surface area contributed by atoms with Crippen molar-refractivity contribution in [1.82, 2.24) is 34.4 Å². The fourth-order valence-corrected chi connectivity index (χ4v) is 4.34. The molecule has 0 bridgehead atoms. The Morgan fingerprint density at radius 3 is 2.53 bits per heavy atom. The monoisotopic (exact) mass is 464 g/mol. The number of hydrogen-bond acceptors (Lipinski definition) is 9. The number of rotatable bonds is 6. The van der Waals surface area contributed by atoms with E-state index in [0.717, 1.165) is 35.8 Å². The standard InChI is InChI=1S/C23H28N8O3/c1-13(22(32)30-11-19(12-30)33-5)21-24-8-17(9-25-21)29-7-6-18(10-29)34-20-14(2)26-23-27-16(4)28-31(23)15(20)3/h8-9,18-19H,1,6-7,10-12H2,2-5H3/t18-/m1/s1. The van der Waals surface area contributed by atoms with Gasteiger partial charge in [0, 0.05) is 33.2 Å². The zero-order valence-electron chi connectivity index (χ0n) is 19.9. The van der Waals surface area contributed by atoms with Crippen LogP contribution in [-0.2, 0) is 9.53 Å². The summed E-state index contributed by atoms with van der Waals surface area (Å²) in [6.45, 7) is 12.3. The number of nitrogens with zero attached hydrogens (tertiary/aromatic N) is 8. The molecule has 2 saturated heterocycles. The number of likely N-dealkylation sites (tertiary alicyclic amines) is 1. The van der Waals surface area contributed by atoms with Crippen LogP contribution in [0.4, 0.5) is 5.69 Å². The molecule has 11 heteroatoms. The van der Waals surface area contributed by atoms with Crippen LogP contribution in [-0.4, -0.2) is 85.9 Å². The van der Waals surface area contributed by atoms with Crippen molar-refractivity contribution >= 4 is 22.9 Å². The van der Waals surface area contributed by atoms with Gasteiger partial charge in [0.1, 0.15) is 11.9 Å². The van der Waals surface area contributed by atoms with E-state index in [1.165, 1.54) is 0 Å². The van der Waals surface area contributed by atoms with Crippen LogP contribution in [0.15, 0.2) is 19.0 Å². The van der Waals surface area contributed by atoms with E-state index in [4.69, 9.17) is 9.47 Å². The summed E-state index contributed by atoms with van der Waals surface area (Å²) in [5, 5.41) is 4.41. The molecule has 0 unspecified atom stereocenters. The van der Waals surface area contributed by atoms with Crippen LogP contribution >= 0.6 is 0 Å². The van der Waals surface area contributed by atoms with Gasteiger partial charge in [0.2, 0.25) is 0 Å². The van der Waals surface area contributed by atoms with Crippen LogP contribution in [0.3, 0.4) is 0 Å². The van der Waals surface area contributed by atoms with Crippen LogP contribution in [0.1, 0.15) is 29.5 Å². The maximum Gasteiger partial charge on any atom is 0.257 e. The molecule has 1 atom stereocenters. The van der Waals surface area contributed by atoms with E-state index in [2.05, 4.69) is 36.5 Å². The van der Waals surface area contributed by atoms with E-state index < -0.39 is 0 Å². The van der Waals surface area contributed by atoms with Crippen molar-refractivity contribution in [1.29, 1.82) is 0 Å². The largest absolute Gasteiger partial charge is 0.485 e. The number of hydrogen-bond donors (Lipinski definition) is 0. The molecule has 1 amide bonds. The first-order valence-corrected chi connectivity index (χ1v) is 11.3. The topological polar surface area (TPSA) is 111 Å². The van der Waals surface area contributed by atoms with Gasteiger partial charge in [-0.1, -0.05) is 6.58 Å². The van der Waals surface area contributed by atoms with Gasteiger partial charge in [0.15, 0.2) is 11.6 Å². The molecule has 178 valence electrons. The van der Waals surface area contributed by atoms with Gasteiger partial charge in [-0.25, -0.2) is 15.0 Å². The second kappa shape index (κ2) is 8.64. The number of aromatic nitrogens is 6. The molecule has 3 aromatic heterocycles. The first kappa shape index (κ1) is 22.2. The quantitative estimate of drug-likeness (QED) is 0.499. The molecule has 5 rings (SSSR count). The van der Waals surface area contributed by atoms with E-state index in [1.54, 1.807) is 28.9 Å². The number of amides is 1. The molecule has 2 aliphatic heterocycles. The summed E-state index contributed by atoms with van der Waals surface area (Å²) in [5.41, 5.74) is 2.86. The molecule has 0 aliphatic carbocycles. The molecule has 5 heterocycles. The van der Waals surface area contributed by atoms with Crippen LogP contribution < -0.4 is 9.64 Å². The average molecular weight is 465 g/mol. The summed E-state index contributed by atoms with van der Waals surface area (Å²) in [7, 11) is 1.65. The Balaban J connectivity index is 1.23. The highest BCUT2D eigenvalue weighted by molar-refractivity contribution is 6.17. The molecule has 0 radical (unpaired) electrons. The lowest BCUT2D eigenvalue weighted by Crippen LogP contribution is -2.54. The fourth-order valence-electron chi connectivity index (χ4n) is 4.34. The lowest BCUT2D eigenvalue weighted by atomic mass is 10.1. The molecule has 3 aromatic rings. The third-order valence-electron chi connectivity index (χ3n) is 6.37. The smallest absolute Gasteiger partial charge is 0.257 e. The highest BCUT2D eigenvalue weighted by atomic mass is 16.5. The van der Waals surface area contributed by atoms with Gasteiger partial charge < -0.3 is 19.3 Å². The Morgan fingerprint density at radius 2 is 1.82 bits per heavy atom. The maximum absolute atomic E-state index is 12.5. The third-order valence-corrected chi connectivity index (χ3v) is 6.37. The zero-order valence-corrected chi connectivity index (χ0v) is 19.9. The second-order valence-electron chi connectivity index (χ2n) is 8.77. The lowest BCUT2D eigenvalue weighted by Gasteiger charge is -2.38. The first-order valence-electron chi connectivity index (χ1n) is 11.3. The van der Waals surface area contributed by atoms with Gasteiger partial charge in [0.05, 0.1) is 47.7 Å². The van der Waals surface area contributed by atoms with E-state index >= 15 is 0 Å². The summed E-state index contributed by atoms with van der Waals surface area (Å²) in [5.74, 6) is 2.19. The van der Waals surface area contributed by atoms with Gasteiger partial charge in [-0.2, -0.15) is 9.50 Å². The molecule has 11 nitrogen and oxygen atoms in total. The van der Waals surface area contributed by atoms with E-state index in [-0.39, 0.29) is 18.1 Å². The minimum Gasteiger partial charge on any atom is -0.485 e. The van der Waals surface area contributed by atoms with Crippen molar-refractivity contribution in [3.63, 3.8) is 0 Å². The van der Waals surface area contributed by atoms with Crippen molar-refractivity contribution in [2.45, 2.75) is 39.4 Å². The summed E-state index contributed by atoms with van der Waals surface area (Å²) >= 11 is 0. The number of fused-ring (bicyclic) bond motifs is 1. The molecule has 0 N–H and O–H groups in total. The molecule has 34 heavy (non-hydrogen) atoms. The van der Waals surface area contributed by atoms with E-state index in [9.17, 15) is 4.79 Å². The van der Waals surface area contributed by atoms with Crippen LogP contribution in [0.2, 0.25) is 0 Å². The van der Waals surface area contributed by atoms with Crippen molar-refractivity contribution in [3.8, 4) is 5.75 Å². The van der Waals surface area contributed by atoms with Gasteiger partial charge in [-0.05, 0) is 20.8 Å². The lowest BCUT2D eigenvalue weighted by molar-refractivity contribution is -0.136. The average Bonchev–Trinajstić information content (AvgIpc) is 3.41. The minimum absolute atomic E-state index is 0.00219. The Kier molecular flexibility index (Phi) is 5.64. The van der Waals surface area contributed by atoms with Crippen LogP contribution in [0, 0.1) is 20.8 Å². The van der Waals surface area contributed by atoms with Crippen LogP contribution in [0.5, 0.6) is 5.75 Å². The van der Waals surface area contributed by atoms with Gasteiger partial charge in [0.25, 0.3) is 11.7 Å². The Hall–Kier alpha value is -3.60. The second-order valence-corrected chi connectivity index (χ2v) is 8.77. The Labute approximate surface area is 197 Å². The third kappa shape index (κ3) is 3.96. The predicted octanol–water partition coefficient (Wildman–Crippen LogP) is 1.37. The minimum atomic E-state index is -0.158.